The molecule has 0 saturated carbocycles. The van der Waals surface area contributed by atoms with Crippen LogP contribution in [0.1, 0.15) is 17.5 Å². The molecule has 0 radical (unpaired) electrons. The first kappa shape index (κ1) is 9.25. The summed E-state index contributed by atoms with van der Waals surface area (Å²) in [7, 11) is 0. The Balaban J connectivity index is 2.06. The van der Waals surface area contributed by atoms with E-state index in [1.807, 2.05) is 0 Å². The molecule has 1 aliphatic rings. The van der Waals surface area contributed by atoms with Crippen LogP contribution in [0.5, 0.6) is 0 Å². The fraction of sp³-hybridized carbons (Fsp3) is 0.417. The molecule has 0 bridgehead atoms. The molecule has 0 saturated heterocycles. The third-order valence-electron chi connectivity index (χ3n) is 2.42. The average Bonchev–Trinajstić information content (AvgIpc) is 2.19. The lowest BCUT2D eigenvalue weighted by molar-refractivity contribution is 0.731. The molecule has 0 fully saturated rings. The van der Waals surface area contributed by atoms with Crippen molar-refractivity contribution < 1.29 is 0 Å². The summed E-state index contributed by atoms with van der Waals surface area (Å²) in [5, 5.41) is 3.34. The average molecular weight is 188 g/mol. The van der Waals surface area contributed by atoms with Crippen LogP contribution in [-0.2, 0) is 6.42 Å². The van der Waals surface area contributed by atoms with E-state index in [2.05, 4.69) is 41.5 Å². The van der Waals surface area contributed by atoms with E-state index in [0.717, 1.165) is 31.8 Å². The number of aliphatic imine (C=N–C) groups is 1. The van der Waals surface area contributed by atoms with Crippen molar-refractivity contribution in [2.45, 2.75) is 19.8 Å². The van der Waals surface area contributed by atoms with Gasteiger partial charge in [0.25, 0.3) is 0 Å². The lowest BCUT2D eigenvalue weighted by Crippen LogP contribution is -2.30. The molecular weight excluding hydrogens is 172 g/mol. The number of benzene rings is 1. The Bertz CT molecular complexity index is 342. The predicted octanol–water partition coefficient (Wildman–Crippen LogP) is 1.93. The smallest absolute Gasteiger partial charge is 0.101 e. The first-order valence-electron chi connectivity index (χ1n) is 5.17. The summed E-state index contributed by atoms with van der Waals surface area (Å²) in [6, 6.07) is 8.61. The van der Waals surface area contributed by atoms with Crippen molar-refractivity contribution in [2.24, 2.45) is 4.99 Å². The maximum atomic E-state index is 4.46. The van der Waals surface area contributed by atoms with Gasteiger partial charge in [0.15, 0.2) is 0 Å². The van der Waals surface area contributed by atoms with Crippen LogP contribution in [0.4, 0.5) is 0 Å². The monoisotopic (exact) mass is 188 g/mol. The van der Waals surface area contributed by atoms with Gasteiger partial charge in [-0.25, -0.2) is 0 Å². The van der Waals surface area contributed by atoms with Gasteiger partial charge in [0.05, 0.1) is 0 Å². The van der Waals surface area contributed by atoms with Gasteiger partial charge in [0, 0.05) is 19.5 Å². The number of hydrogen-bond acceptors (Lipinski definition) is 2. The quantitative estimate of drug-likeness (QED) is 0.753. The minimum absolute atomic E-state index is 0.946. The van der Waals surface area contributed by atoms with Crippen LogP contribution in [-0.4, -0.2) is 18.9 Å². The Morgan fingerprint density at radius 3 is 3.07 bits per heavy atom. The molecule has 0 atom stereocenters. The maximum absolute atomic E-state index is 4.46. The fourth-order valence-corrected chi connectivity index (χ4v) is 1.72. The summed E-state index contributed by atoms with van der Waals surface area (Å²) in [4.78, 5) is 4.46. The van der Waals surface area contributed by atoms with Crippen LogP contribution < -0.4 is 5.32 Å². The molecule has 1 heterocycles. The van der Waals surface area contributed by atoms with Gasteiger partial charge in [-0.3, -0.25) is 4.99 Å². The van der Waals surface area contributed by atoms with Crippen LogP contribution in [0.2, 0.25) is 0 Å². The van der Waals surface area contributed by atoms with E-state index in [1.165, 1.54) is 11.1 Å². The van der Waals surface area contributed by atoms with Gasteiger partial charge >= 0.3 is 0 Å². The summed E-state index contributed by atoms with van der Waals surface area (Å²) in [5.74, 6) is 1.14. The van der Waals surface area contributed by atoms with E-state index in [-0.39, 0.29) is 0 Å². The lowest BCUT2D eigenvalue weighted by Gasteiger charge is -2.14. The van der Waals surface area contributed by atoms with Gasteiger partial charge in [0.2, 0.25) is 0 Å². The highest BCUT2D eigenvalue weighted by atomic mass is 15.0. The molecule has 2 heteroatoms. The van der Waals surface area contributed by atoms with Gasteiger partial charge in [-0.15, -0.1) is 0 Å². The van der Waals surface area contributed by atoms with Crippen molar-refractivity contribution >= 4 is 5.84 Å². The molecule has 2 nitrogen and oxygen atoms in total. The van der Waals surface area contributed by atoms with Crippen LogP contribution in [0, 0.1) is 6.92 Å². The number of rotatable bonds is 2. The van der Waals surface area contributed by atoms with Crippen LogP contribution in [0.3, 0.4) is 0 Å². The Hall–Kier alpha value is -1.31. The molecule has 74 valence electrons. The first-order chi connectivity index (χ1) is 6.84. The standard InChI is InChI=1S/C12H16N2/c1-10-4-2-5-11(8-10)9-12-13-6-3-7-14-12/h2,4-5,8H,3,6-7,9H2,1H3,(H,13,14). The number of nitrogens with zero attached hydrogens (tertiary/aromatic N) is 1. The van der Waals surface area contributed by atoms with E-state index >= 15 is 0 Å². The molecule has 0 aromatic heterocycles. The molecule has 1 aromatic carbocycles. The van der Waals surface area contributed by atoms with E-state index < -0.39 is 0 Å². The number of nitrogens with one attached hydrogen (secondary N) is 1. The molecular formula is C12H16N2. The van der Waals surface area contributed by atoms with Crippen LogP contribution >= 0.6 is 0 Å². The van der Waals surface area contributed by atoms with E-state index in [4.69, 9.17) is 0 Å². The normalized spacial score (nSPS) is 15.9. The molecule has 1 N–H and O–H groups in total. The van der Waals surface area contributed by atoms with Crippen molar-refractivity contribution in [3.63, 3.8) is 0 Å². The van der Waals surface area contributed by atoms with Gasteiger partial charge in [-0.2, -0.15) is 0 Å². The molecule has 0 spiro atoms. The van der Waals surface area contributed by atoms with E-state index in [0.29, 0.717) is 0 Å². The lowest BCUT2D eigenvalue weighted by atomic mass is 10.1. The van der Waals surface area contributed by atoms with Gasteiger partial charge in [-0.05, 0) is 18.9 Å². The van der Waals surface area contributed by atoms with Gasteiger partial charge in [0.1, 0.15) is 5.84 Å². The third-order valence-corrected chi connectivity index (χ3v) is 2.42. The second-order valence-electron chi connectivity index (χ2n) is 3.77. The SMILES string of the molecule is Cc1cccc(CC2=NCCCN2)c1. The second kappa shape index (κ2) is 4.27. The zero-order valence-electron chi connectivity index (χ0n) is 8.59. The summed E-state index contributed by atoms with van der Waals surface area (Å²) < 4.78 is 0. The van der Waals surface area contributed by atoms with Gasteiger partial charge in [-0.1, -0.05) is 29.8 Å². The van der Waals surface area contributed by atoms with Crippen molar-refractivity contribution in [1.82, 2.24) is 5.32 Å². The molecule has 1 aliphatic heterocycles. The molecule has 1 aromatic rings. The third kappa shape index (κ3) is 2.34. The Morgan fingerprint density at radius 1 is 1.43 bits per heavy atom. The highest BCUT2D eigenvalue weighted by molar-refractivity contribution is 5.84. The Kier molecular flexibility index (Phi) is 2.82. The highest BCUT2D eigenvalue weighted by Gasteiger charge is 2.04. The molecule has 14 heavy (non-hydrogen) atoms. The second-order valence-corrected chi connectivity index (χ2v) is 3.77. The molecule has 2 rings (SSSR count). The Labute approximate surface area is 85.1 Å². The van der Waals surface area contributed by atoms with Crippen molar-refractivity contribution in [1.29, 1.82) is 0 Å². The minimum Gasteiger partial charge on any atom is -0.373 e. The van der Waals surface area contributed by atoms with E-state index in [1.54, 1.807) is 0 Å². The first-order valence-corrected chi connectivity index (χ1v) is 5.17. The summed E-state index contributed by atoms with van der Waals surface area (Å²) >= 11 is 0. The molecule has 0 amide bonds. The Morgan fingerprint density at radius 2 is 2.36 bits per heavy atom. The largest absolute Gasteiger partial charge is 0.373 e. The number of amidine groups is 1. The summed E-state index contributed by atoms with van der Waals surface area (Å²) in [6.45, 7) is 4.18. The topological polar surface area (TPSA) is 24.4 Å². The molecule has 0 unspecified atom stereocenters. The van der Waals surface area contributed by atoms with Crippen LogP contribution in [0.25, 0.3) is 0 Å². The van der Waals surface area contributed by atoms with Gasteiger partial charge < -0.3 is 5.32 Å². The highest BCUT2D eigenvalue weighted by Crippen LogP contribution is 2.06. The predicted molar refractivity (Wildman–Crippen MR) is 59.8 cm³/mol. The minimum atomic E-state index is 0.946. The molecule has 0 aliphatic carbocycles. The zero-order valence-corrected chi connectivity index (χ0v) is 8.59. The van der Waals surface area contributed by atoms with Crippen LogP contribution in [0.15, 0.2) is 29.3 Å². The van der Waals surface area contributed by atoms with Crippen molar-refractivity contribution in [3.8, 4) is 0 Å². The number of aryl methyl sites for hydroxylation is 1. The maximum Gasteiger partial charge on any atom is 0.101 e. The fourth-order valence-electron chi connectivity index (χ4n) is 1.72. The number of hydrogen-bond donors (Lipinski definition) is 1. The summed E-state index contributed by atoms with van der Waals surface area (Å²) in [5.41, 5.74) is 2.66. The van der Waals surface area contributed by atoms with Crippen molar-refractivity contribution in [3.05, 3.63) is 35.4 Å². The zero-order chi connectivity index (χ0) is 9.80. The van der Waals surface area contributed by atoms with E-state index in [9.17, 15) is 0 Å². The van der Waals surface area contributed by atoms with Crippen molar-refractivity contribution in [2.75, 3.05) is 13.1 Å². The summed E-state index contributed by atoms with van der Waals surface area (Å²) in [6.07, 6.45) is 2.11.